The van der Waals surface area contributed by atoms with Crippen molar-refractivity contribution in [1.82, 2.24) is 14.2 Å². The Hall–Kier alpha value is -2.76. The van der Waals surface area contributed by atoms with Crippen LogP contribution >= 0.6 is 0 Å². The molecule has 0 aliphatic carbocycles. The quantitative estimate of drug-likeness (QED) is 0.724. The van der Waals surface area contributed by atoms with Gasteiger partial charge in [-0.15, -0.1) is 0 Å². The maximum atomic E-state index is 12.3. The van der Waals surface area contributed by atoms with Crippen LogP contribution in [0.25, 0.3) is 5.52 Å². The van der Waals surface area contributed by atoms with Crippen molar-refractivity contribution in [3.05, 3.63) is 58.8 Å². The number of methoxy groups -OCH3 is 1. The third-order valence-corrected chi connectivity index (χ3v) is 3.12. The van der Waals surface area contributed by atoms with Crippen LogP contribution < -0.4 is 16.0 Å². The Morgan fingerprint density at radius 1 is 1.30 bits per heavy atom. The summed E-state index contributed by atoms with van der Waals surface area (Å²) in [5.41, 5.74) is 7.79. The average Bonchev–Trinajstić information content (AvgIpc) is 2.90. The third-order valence-electron chi connectivity index (χ3n) is 3.12. The predicted octanol–water partition coefficient (Wildman–Crippen LogP) is 1.14. The summed E-state index contributed by atoms with van der Waals surface area (Å²) in [6, 6.07) is 7.13. The summed E-state index contributed by atoms with van der Waals surface area (Å²) in [7, 11) is 1.59. The van der Waals surface area contributed by atoms with Gasteiger partial charge in [0.15, 0.2) is 0 Å². The first kappa shape index (κ1) is 12.3. The third kappa shape index (κ3) is 2.11. The van der Waals surface area contributed by atoms with Crippen LogP contribution in [-0.4, -0.2) is 21.3 Å². The number of aromatic nitrogens is 3. The molecule has 0 fully saturated rings. The molecule has 0 aliphatic heterocycles. The molecule has 0 spiro atoms. The van der Waals surface area contributed by atoms with Gasteiger partial charge in [0.1, 0.15) is 11.3 Å². The fourth-order valence-electron chi connectivity index (χ4n) is 2.18. The van der Waals surface area contributed by atoms with Gasteiger partial charge in [-0.1, -0.05) is 0 Å². The minimum absolute atomic E-state index is 0.0913. The van der Waals surface area contributed by atoms with E-state index < -0.39 is 0 Å². The number of nitrogens with zero attached hydrogens (tertiary/aromatic N) is 3. The lowest BCUT2D eigenvalue weighted by molar-refractivity contribution is 0.414. The largest absolute Gasteiger partial charge is 0.497 e. The minimum Gasteiger partial charge on any atom is -0.497 e. The summed E-state index contributed by atoms with van der Waals surface area (Å²) in [6.45, 7) is 0.432. The second-order valence-corrected chi connectivity index (χ2v) is 4.51. The van der Waals surface area contributed by atoms with Crippen molar-refractivity contribution < 1.29 is 4.74 Å². The molecule has 0 unspecified atom stereocenters. The van der Waals surface area contributed by atoms with E-state index in [1.54, 1.807) is 46.9 Å². The lowest BCUT2D eigenvalue weighted by Gasteiger charge is -2.09. The molecule has 3 rings (SSSR count). The number of hydrogen-bond donors (Lipinski definition) is 1. The van der Waals surface area contributed by atoms with Crippen LogP contribution in [0.5, 0.6) is 5.75 Å². The summed E-state index contributed by atoms with van der Waals surface area (Å²) in [5.74, 6) is 0.679. The van der Waals surface area contributed by atoms with Crippen LogP contribution in [-0.2, 0) is 6.54 Å². The van der Waals surface area contributed by atoms with E-state index in [0.717, 1.165) is 5.56 Å². The highest BCUT2D eigenvalue weighted by Crippen LogP contribution is 2.18. The Balaban J connectivity index is 2.02. The number of hydrogen-bond acceptors (Lipinski definition) is 4. The zero-order valence-corrected chi connectivity index (χ0v) is 11.0. The van der Waals surface area contributed by atoms with E-state index in [1.807, 2.05) is 12.1 Å². The van der Waals surface area contributed by atoms with Crippen LogP contribution in [0, 0.1) is 0 Å². The molecule has 0 bridgehead atoms. The Morgan fingerprint density at radius 3 is 2.95 bits per heavy atom. The lowest BCUT2D eigenvalue weighted by atomic mass is 10.2. The smallest absolute Gasteiger partial charge is 0.276 e. The van der Waals surface area contributed by atoms with Crippen molar-refractivity contribution in [3.8, 4) is 5.75 Å². The summed E-state index contributed by atoms with van der Waals surface area (Å²) < 4.78 is 8.35. The number of rotatable bonds is 3. The Kier molecular flexibility index (Phi) is 2.90. The zero-order valence-electron chi connectivity index (χ0n) is 11.0. The van der Waals surface area contributed by atoms with Crippen LogP contribution in [0.15, 0.2) is 47.7 Å². The Labute approximate surface area is 115 Å². The molecule has 0 saturated carbocycles. The van der Waals surface area contributed by atoms with E-state index >= 15 is 0 Å². The van der Waals surface area contributed by atoms with E-state index in [-0.39, 0.29) is 5.56 Å². The van der Waals surface area contributed by atoms with Crippen LogP contribution in [0.4, 0.5) is 5.69 Å². The summed E-state index contributed by atoms with van der Waals surface area (Å²) >= 11 is 0. The van der Waals surface area contributed by atoms with Crippen molar-refractivity contribution in [1.29, 1.82) is 0 Å². The molecule has 0 amide bonds. The SMILES string of the molecule is COc1cc(N)cc(Cn2ccn3nccc3c2=O)c1. The van der Waals surface area contributed by atoms with Gasteiger partial charge in [0.05, 0.1) is 19.9 Å². The molecule has 6 heteroatoms. The van der Waals surface area contributed by atoms with E-state index in [2.05, 4.69) is 5.10 Å². The molecule has 3 aromatic rings. The second kappa shape index (κ2) is 4.73. The number of nitrogen functional groups attached to an aromatic ring is 1. The molecule has 0 saturated heterocycles. The van der Waals surface area contributed by atoms with Crippen molar-refractivity contribution in [3.63, 3.8) is 0 Å². The minimum atomic E-state index is -0.0913. The van der Waals surface area contributed by atoms with Gasteiger partial charge in [0, 0.05) is 24.1 Å². The van der Waals surface area contributed by atoms with Gasteiger partial charge < -0.3 is 15.0 Å². The van der Waals surface area contributed by atoms with Crippen LogP contribution in [0.3, 0.4) is 0 Å². The van der Waals surface area contributed by atoms with Crippen molar-refractivity contribution in [2.24, 2.45) is 0 Å². The fraction of sp³-hybridized carbons (Fsp3) is 0.143. The lowest BCUT2D eigenvalue weighted by Crippen LogP contribution is -2.21. The first-order chi connectivity index (χ1) is 9.67. The van der Waals surface area contributed by atoms with Crippen molar-refractivity contribution >= 4 is 11.2 Å². The van der Waals surface area contributed by atoms with Gasteiger partial charge in [-0.2, -0.15) is 5.10 Å². The molecule has 6 nitrogen and oxygen atoms in total. The molecule has 0 radical (unpaired) electrons. The van der Waals surface area contributed by atoms with Crippen molar-refractivity contribution in [2.75, 3.05) is 12.8 Å². The van der Waals surface area contributed by atoms with Gasteiger partial charge in [-0.05, 0) is 23.8 Å². The maximum Gasteiger partial charge on any atom is 0.276 e. The number of nitrogens with two attached hydrogens (primary N) is 1. The van der Waals surface area contributed by atoms with Gasteiger partial charge in [-0.3, -0.25) is 4.79 Å². The molecule has 1 aromatic carbocycles. The average molecular weight is 270 g/mol. The normalized spacial score (nSPS) is 10.8. The molecular weight excluding hydrogens is 256 g/mol. The first-order valence-electron chi connectivity index (χ1n) is 6.13. The molecule has 2 aromatic heterocycles. The van der Waals surface area contributed by atoms with E-state index in [4.69, 9.17) is 10.5 Å². The van der Waals surface area contributed by atoms with Gasteiger partial charge >= 0.3 is 0 Å². The fourth-order valence-corrected chi connectivity index (χ4v) is 2.18. The van der Waals surface area contributed by atoms with E-state index in [9.17, 15) is 4.79 Å². The number of benzene rings is 1. The molecular formula is C14H14N4O2. The van der Waals surface area contributed by atoms with Crippen molar-refractivity contribution in [2.45, 2.75) is 6.54 Å². The number of ether oxygens (including phenoxy) is 1. The van der Waals surface area contributed by atoms with Crippen LogP contribution in [0.2, 0.25) is 0 Å². The van der Waals surface area contributed by atoms with Crippen LogP contribution in [0.1, 0.15) is 5.56 Å². The molecule has 102 valence electrons. The topological polar surface area (TPSA) is 74.6 Å². The standard InChI is InChI=1S/C14H14N4O2/c1-20-12-7-10(6-11(15)8-12)9-17-4-5-18-13(14(17)19)2-3-16-18/h2-8H,9,15H2,1H3. The van der Waals surface area contributed by atoms with Gasteiger partial charge in [0.25, 0.3) is 5.56 Å². The number of anilines is 1. The highest BCUT2D eigenvalue weighted by molar-refractivity contribution is 5.48. The first-order valence-corrected chi connectivity index (χ1v) is 6.13. The van der Waals surface area contributed by atoms with Gasteiger partial charge in [-0.25, -0.2) is 4.52 Å². The van der Waals surface area contributed by atoms with E-state index in [1.165, 1.54) is 0 Å². The molecule has 0 aliphatic rings. The summed E-state index contributed by atoms with van der Waals surface area (Å²) in [6.07, 6.45) is 5.06. The monoisotopic (exact) mass is 270 g/mol. The predicted molar refractivity (Wildman–Crippen MR) is 76.0 cm³/mol. The Bertz CT molecular complexity index is 819. The Morgan fingerprint density at radius 2 is 2.15 bits per heavy atom. The zero-order chi connectivity index (χ0) is 14.1. The molecule has 0 atom stereocenters. The van der Waals surface area contributed by atoms with Gasteiger partial charge in [0.2, 0.25) is 0 Å². The molecule has 2 N–H and O–H groups in total. The van der Waals surface area contributed by atoms with E-state index in [0.29, 0.717) is 23.5 Å². The summed E-state index contributed by atoms with van der Waals surface area (Å²) in [4.78, 5) is 12.3. The molecule has 20 heavy (non-hydrogen) atoms. The highest BCUT2D eigenvalue weighted by atomic mass is 16.5. The second-order valence-electron chi connectivity index (χ2n) is 4.51. The highest BCUT2D eigenvalue weighted by Gasteiger charge is 2.05. The summed E-state index contributed by atoms with van der Waals surface area (Å²) in [5, 5.41) is 4.03. The number of fused-ring (bicyclic) bond motifs is 1. The maximum absolute atomic E-state index is 12.3. The molecule has 2 heterocycles.